The van der Waals surface area contributed by atoms with E-state index in [0.29, 0.717) is 11.4 Å². The number of thioether (sulfide) groups is 1. The van der Waals surface area contributed by atoms with E-state index < -0.39 is 0 Å². The number of nitrogens with zero attached hydrogens (tertiary/aromatic N) is 4. The third-order valence-corrected chi connectivity index (χ3v) is 6.41. The summed E-state index contributed by atoms with van der Waals surface area (Å²) in [5.74, 6) is 1.12. The van der Waals surface area contributed by atoms with Crippen LogP contribution in [0.25, 0.3) is 0 Å². The van der Waals surface area contributed by atoms with Gasteiger partial charge in [0.15, 0.2) is 5.78 Å². The number of anilines is 2. The number of benzene rings is 1. The van der Waals surface area contributed by atoms with Gasteiger partial charge in [0, 0.05) is 32.2 Å². The third kappa shape index (κ3) is 4.34. The molecule has 0 saturated carbocycles. The molecule has 2 aromatic heterocycles. The fourth-order valence-corrected chi connectivity index (χ4v) is 4.62. The van der Waals surface area contributed by atoms with Crippen molar-refractivity contribution in [2.75, 3.05) is 41.7 Å². The number of hydrogen-bond donors (Lipinski definition) is 0. The van der Waals surface area contributed by atoms with Crippen molar-refractivity contribution >= 4 is 40.4 Å². The van der Waals surface area contributed by atoms with Crippen molar-refractivity contribution in [3.63, 3.8) is 0 Å². The maximum Gasteiger partial charge on any atom is 0.183 e. The quantitative estimate of drug-likeness (QED) is 0.345. The Labute approximate surface area is 171 Å². The van der Waals surface area contributed by atoms with E-state index in [-0.39, 0.29) is 11.6 Å². The molecule has 0 N–H and O–H groups in total. The first-order chi connectivity index (χ1) is 13.7. The Morgan fingerprint density at radius 3 is 2.61 bits per heavy atom. The summed E-state index contributed by atoms with van der Waals surface area (Å²) in [6, 6.07) is 12.5. The van der Waals surface area contributed by atoms with Gasteiger partial charge in [0.2, 0.25) is 0 Å². The molecule has 8 heteroatoms. The molecule has 0 radical (unpaired) electrons. The Hall–Kier alpha value is -2.45. The zero-order chi connectivity index (χ0) is 19.3. The van der Waals surface area contributed by atoms with E-state index in [1.54, 1.807) is 6.07 Å². The van der Waals surface area contributed by atoms with Gasteiger partial charge in [-0.25, -0.2) is 14.4 Å². The molecule has 1 aliphatic heterocycles. The number of rotatable bonds is 6. The van der Waals surface area contributed by atoms with Crippen LogP contribution < -0.4 is 9.80 Å². The van der Waals surface area contributed by atoms with Crippen molar-refractivity contribution in [1.82, 2.24) is 9.97 Å². The number of piperazine rings is 1. The number of carbonyl (C=O) groups is 1. The minimum absolute atomic E-state index is 0.110. The van der Waals surface area contributed by atoms with Gasteiger partial charge in [-0.1, -0.05) is 30.0 Å². The summed E-state index contributed by atoms with van der Waals surface area (Å²) in [5, 5.41) is 2.69. The fraction of sp³-hybridized carbons (Fsp3) is 0.250. The molecule has 3 aromatic rings. The van der Waals surface area contributed by atoms with Crippen LogP contribution in [0.4, 0.5) is 15.9 Å². The van der Waals surface area contributed by atoms with E-state index in [1.165, 1.54) is 35.5 Å². The lowest BCUT2D eigenvalue weighted by atomic mass is 10.2. The lowest BCUT2D eigenvalue weighted by Gasteiger charge is -2.36. The molecule has 144 valence electrons. The lowest BCUT2D eigenvalue weighted by Crippen LogP contribution is -2.47. The van der Waals surface area contributed by atoms with Crippen LogP contribution in [0.3, 0.4) is 0 Å². The summed E-state index contributed by atoms with van der Waals surface area (Å²) in [6.07, 6.45) is 1.54. The topological polar surface area (TPSA) is 49.3 Å². The highest BCUT2D eigenvalue weighted by molar-refractivity contribution is 8.00. The molecule has 0 amide bonds. The number of ketones is 1. The van der Waals surface area contributed by atoms with Crippen LogP contribution >= 0.6 is 23.1 Å². The fourth-order valence-electron chi connectivity index (χ4n) is 3.11. The minimum atomic E-state index is -0.188. The Morgan fingerprint density at radius 2 is 1.86 bits per heavy atom. The van der Waals surface area contributed by atoms with Crippen molar-refractivity contribution in [2.24, 2.45) is 0 Å². The molecule has 1 aromatic carbocycles. The van der Waals surface area contributed by atoms with Crippen LogP contribution in [0.5, 0.6) is 0 Å². The largest absolute Gasteiger partial charge is 0.366 e. The summed E-state index contributed by atoms with van der Waals surface area (Å²) in [4.78, 5) is 25.8. The summed E-state index contributed by atoms with van der Waals surface area (Å²) in [6.45, 7) is 2.96. The second-order valence-electron chi connectivity index (χ2n) is 6.33. The van der Waals surface area contributed by atoms with Gasteiger partial charge in [-0.05, 0) is 23.6 Å². The number of para-hydroxylation sites is 1. The monoisotopic (exact) mass is 414 g/mol. The number of halogens is 1. The highest BCUT2D eigenvalue weighted by Gasteiger charge is 2.20. The lowest BCUT2D eigenvalue weighted by molar-refractivity contribution is 0.102. The number of aromatic nitrogens is 2. The number of Topliss-reactive ketones (excluding diaryl/α,β-unsaturated/α-hetero) is 1. The molecule has 4 rings (SSSR count). The predicted octanol–water partition coefficient (Wildman–Crippen LogP) is 3.98. The normalized spacial score (nSPS) is 14.3. The van der Waals surface area contributed by atoms with Gasteiger partial charge in [-0.2, -0.15) is 0 Å². The van der Waals surface area contributed by atoms with Crippen LogP contribution in [-0.2, 0) is 0 Å². The van der Waals surface area contributed by atoms with Crippen molar-refractivity contribution in [3.8, 4) is 0 Å². The third-order valence-electron chi connectivity index (χ3n) is 4.57. The van der Waals surface area contributed by atoms with Gasteiger partial charge in [0.1, 0.15) is 23.0 Å². The molecular formula is C20H19FN4OS2. The summed E-state index contributed by atoms with van der Waals surface area (Å²) < 4.78 is 14.0. The Kier molecular flexibility index (Phi) is 5.87. The Morgan fingerprint density at radius 1 is 1.07 bits per heavy atom. The number of carbonyl (C=O) groups excluding carboxylic acids is 1. The summed E-state index contributed by atoms with van der Waals surface area (Å²) >= 11 is 2.88. The molecule has 0 atom stereocenters. The first-order valence-corrected chi connectivity index (χ1v) is 10.8. The van der Waals surface area contributed by atoms with Crippen molar-refractivity contribution in [2.45, 2.75) is 5.03 Å². The zero-order valence-corrected chi connectivity index (χ0v) is 16.8. The van der Waals surface area contributed by atoms with Crippen molar-refractivity contribution < 1.29 is 9.18 Å². The van der Waals surface area contributed by atoms with Crippen molar-refractivity contribution in [1.29, 1.82) is 0 Å². The van der Waals surface area contributed by atoms with E-state index in [4.69, 9.17) is 0 Å². The Balaban J connectivity index is 1.36. The van der Waals surface area contributed by atoms with Gasteiger partial charge >= 0.3 is 0 Å². The molecule has 1 fully saturated rings. The Bertz CT molecular complexity index is 943. The molecule has 5 nitrogen and oxygen atoms in total. The van der Waals surface area contributed by atoms with Crippen LogP contribution in [-0.4, -0.2) is 47.7 Å². The van der Waals surface area contributed by atoms with Gasteiger partial charge in [-0.3, -0.25) is 4.79 Å². The molecule has 0 bridgehead atoms. The molecule has 0 unspecified atom stereocenters. The van der Waals surface area contributed by atoms with E-state index in [9.17, 15) is 9.18 Å². The number of thiophene rings is 1. The molecule has 0 spiro atoms. The molecule has 28 heavy (non-hydrogen) atoms. The maximum atomic E-state index is 14.0. The molecule has 0 aliphatic carbocycles. The van der Waals surface area contributed by atoms with Gasteiger partial charge in [-0.15, -0.1) is 11.3 Å². The predicted molar refractivity (Wildman–Crippen MR) is 112 cm³/mol. The van der Waals surface area contributed by atoms with Crippen molar-refractivity contribution in [3.05, 3.63) is 64.9 Å². The first kappa shape index (κ1) is 18.9. The van der Waals surface area contributed by atoms with Crippen LogP contribution in [0.2, 0.25) is 0 Å². The van der Waals surface area contributed by atoms with Crippen LogP contribution in [0.15, 0.2) is 59.2 Å². The molecule has 1 saturated heterocycles. The SMILES string of the molecule is O=C(CSc1cc(N2CCN(c3ccccc3F)CC2)ncn1)c1cccs1. The molecule has 1 aliphatic rings. The second-order valence-corrected chi connectivity index (χ2v) is 8.27. The highest BCUT2D eigenvalue weighted by Crippen LogP contribution is 2.24. The van der Waals surface area contributed by atoms with Crippen LogP contribution in [0.1, 0.15) is 9.67 Å². The first-order valence-electron chi connectivity index (χ1n) is 8.97. The van der Waals surface area contributed by atoms with Crippen LogP contribution in [0, 0.1) is 5.82 Å². The molecule has 3 heterocycles. The number of hydrogen-bond acceptors (Lipinski definition) is 7. The minimum Gasteiger partial charge on any atom is -0.366 e. The zero-order valence-electron chi connectivity index (χ0n) is 15.1. The van der Waals surface area contributed by atoms with E-state index in [1.807, 2.05) is 35.7 Å². The highest BCUT2D eigenvalue weighted by atomic mass is 32.2. The summed E-state index contributed by atoms with van der Waals surface area (Å²) in [7, 11) is 0. The second kappa shape index (κ2) is 8.70. The van der Waals surface area contributed by atoms with Gasteiger partial charge in [0.05, 0.1) is 16.3 Å². The maximum absolute atomic E-state index is 14.0. The van der Waals surface area contributed by atoms with E-state index in [2.05, 4.69) is 19.8 Å². The average molecular weight is 415 g/mol. The van der Waals surface area contributed by atoms with E-state index in [0.717, 1.165) is 41.9 Å². The molecular weight excluding hydrogens is 395 g/mol. The smallest absolute Gasteiger partial charge is 0.183 e. The van der Waals surface area contributed by atoms with Gasteiger partial charge in [0.25, 0.3) is 0 Å². The van der Waals surface area contributed by atoms with E-state index >= 15 is 0 Å². The summed E-state index contributed by atoms with van der Waals surface area (Å²) in [5.41, 5.74) is 0.646. The standard InChI is InChI=1S/C20H19FN4OS2/c21-15-4-1-2-5-16(15)24-7-9-25(10-8-24)19-12-20(23-14-22-19)28-13-17(26)18-6-3-11-27-18/h1-6,11-12,14H,7-10,13H2. The van der Waals surface area contributed by atoms with Gasteiger partial charge < -0.3 is 9.80 Å². The average Bonchev–Trinajstić information content (AvgIpc) is 3.28.